The number of carbonyl (C=O) groups is 3. The Morgan fingerprint density at radius 1 is 1.03 bits per heavy atom. The lowest BCUT2D eigenvalue weighted by atomic mass is 10.0. The number of likely N-dealkylation sites (tertiary alicyclic amines) is 1. The first-order valence-electron chi connectivity index (χ1n) is 10.9. The van der Waals surface area contributed by atoms with E-state index in [1.165, 1.54) is 6.92 Å². The highest BCUT2D eigenvalue weighted by molar-refractivity contribution is 5.84. The monoisotopic (exact) mass is 410 g/mol. The lowest BCUT2D eigenvalue weighted by Crippen LogP contribution is -2.45. The molecule has 0 radical (unpaired) electrons. The summed E-state index contributed by atoms with van der Waals surface area (Å²) in [4.78, 5) is 42.1. The van der Waals surface area contributed by atoms with E-state index in [1.54, 1.807) is 4.90 Å². The van der Waals surface area contributed by atoms with Gasteiger partial charge in [0, 0.05) is 55.6 Å². The first-order chi connectivity index (χ1) is 14.5. The third-order valence-electron chi connectivity index (χ3n) is 6.15. The van der Waals surface area contributed by atoms with E-state index in [0.717, 1.165) is 29.3 Å². The van der Waals surface area contributed by atoms with Gasteiger partial charge in [-0.2, -0.15) is 0 Å². The molecule has 2 heterocycles. The minimum Gasteiger partial charge on any atom is -0.361 e. The van der Waals surface area contributed by atoms with E-state index in [-0.39, 0.29) is 29.7 Å². The van der Waals surface area contributed by atoms with Crippen molar-refractivity contribution in [1.29, 1.82) is 0 Å². The highest BCUT2D eigenvalue weighted by atomic mass is 16.2. The maximum Gasteiger partial charge on any atom is 0.225 e. The number of aromatic amines is 1. The van der Waals surface area contributed by atoms with Gasteiger partial charge in [0.25, 0.3) is 0 Å². The van der Waals surface area contributed by atoms with Gasteiger partial charge < -0.3 is 20.5 Å². The fourth-order valence-electron chi connectivity index (χ4n) is 4.21. The number of carbonyl (C=O) groups excluding carboxylic acids is 3. The molecule has 7 heteroatoms. The van der Waals surface area contributed by atoms with Crippen LogP contribution in [0, 0.1) is 5.92 Å². The molecule has 3 N–H and O–H groups in total. The standard InChI is InChI=1S/C23H30N4O3/c1-15(28)27-13-17(23(30)26-18-9-10-18)6-8-19(14-27)25-22(29)11-7-16-12-24-21-5-3-2-4-20(16)21/h2-5,12,17-19,24H,6-11,13-14H2,1H3,(H,25,29)(H,26,30)/t17-,19+/m1/s1. The lowest BCUT2D eigenvalue weighted by Gasteiger charge is -2.25. The number of hydrogen-bond donors (Lipinski definition) is 3. The van der Waals surface area contributed by atoms with Crippen LogP contribution in [0.1, 0.15) is 44.6 Å². The molecule has 0 spiro atoms. The van der Waals surface area contributed by atoms with Crippen LogP contribution >= 0.6 is 0 Å². The van der Waals surface area contributed by atoms with Crippen LogP contribution in [0.5, 0.6) is 0 Å². The fourth-order valence-corrected chi connectivity index (χ4v) is 4.21. The fraction of sp³-hybridized carbons (Fsp3) is 0.522. The smallest absolute Gasteiger partial charge is 0.225 e. The Labute approximate surface area is 176 Å². The number of nitrogens with zero attached hydrogens (tertiary/aromatic N) is 1. The van der Waals surface area contributed by atoms with Crippen LogP contribution < -0.4 is 10.6 Å². The maximum atomic E-state index is 12.6. The van der Waals surface area contributed by atoms with Crippen LogP contribution in [0.25, 0.3) is 10.9 Å². The summed E-state index contributed by atoms with van der Waals surface area (Å²) in [6, 6.07) is 8.26. The molecular formula is C23H30N4O3. The van der Waals surface area contributed by atoms with Crippen molar-refractivity contribution in [3.8, 4) is 0 Å². The number of rotatable bonds is 6. The van der Waals surface area contributed by atoms with E-state index in [0.29, 0.717) is 44.8 Å². The van der Waals surface area contributed by atoms with Crippen molar-refractivity contribution >= 4 is 28.6 Å². The summed E-state index contributed by atoms with van der Waals surface area (Å²) in [5.41, 5.74) is 2.20. The van der Waals surface area contributed by atoms with Gasteiger partial charge in [-0.1, -0.05) is 18.2 Å². The van der Waals surface area contributed by atoms with Crippen LogP contribution in [0.15, 0.2) is 30.5 Å². The van der Waals surface area contributed by atoms with Crippen molar-refractivity contribution in [2.45, 2.75) is 57.5 Å². The van der Waals surface area contributed by atoms with Gasteiger partial charge in [-0.25, -0.2) is 0 Å². The van der Waals surface area contributed by atoms with Crippen molar-refractivity contribution < 1.29 is 14.4 Å². The summed E-state index contributed by atoms with van der Waals surface area (Å²) in [7, 11) is 0. The molecule has 1 aromatic heterocycles. The maximum absolute atomic E-state index is 12.6. The average Bonchev–Trinajstić information content (AvgIpc) is 3.48. The molecule has 30 heavy (non-hydrogen) atoms. The molecule has 3 amide bonds. The van der Waals surface area contributed by atoms with Crippen LogP contribution in [-0.4, -0.2) is 52.8 Å². The second kappa shape index (κ2) is 8.90. The molecule has 4 rings (SSSR count). The molecule has 0 unspecified atom stereocenters. The Hall–Kier alpha value is -2.83. The van der Waals surface area contributed by atoms with Gasteiger partial charge in [0.1, 0.15) is 0 Å². The Balaban J connectivity index is 1.32. The zero-order valence-corrected chi connectivity index (χ0v) is 17.4. The number of nitrogens with one attached hydrogen (secondary N) is 3. The number of aromatic nitrogens is 1. The number of H-pyrrole nitrogens is 1. The number of fused-ring (bicyclic) bond motifs is 1. The highest BCUT2D eigenvalue weighted by Gasteiger charge is 2.32. The minimum atomic E-state index is -0.206. The predicted octanol–water partition coefficient (Wildman–Crippen LogP) is 2.12. The molecule has 1 aromatic carbocycles. The van der Waals surface area contributed by atoms with Gasteiger partial charge in [-0.3, -0.25) is 14.4 Å². The number of amides is 3. The Kier molecular flexibility index (Phi) is 6.06. The highest BCUT2D eigenvalue weighted by Crippen LogP contribution is 2.23. The summed E-state index contributed by atoms with van der Waals surface area (Å²) in [6.07, 6.45) is 6.48. The normalized spacial score (nSPS) is 21.8. The molecule has 1 aliphatic carbocycles. The van der Waals surface area contributed by atoms with E-state index in [2.05, 4.69) is 21.7 Å². The van der Waals surface area contributed by atoms with E-state index >= 15 is 0 Å². The second-order valence-corrected chi connectivity index (χ2v) is 8.61. The van der Waals surface area contributed by atoms with E-state index in [1.807, 2.05) is 24.4 Å². The van der Waals surface area contributed by atoms with Crippen LogP contribution in [0.2, 0.25) is 0 Å². The van der Waals surface area contributed by atoms with E-state index in [4.69, 9.17) is 0 Å². The van der Waals surface area contributed by atoms with Crippen molar-refractivity contribution in [2.75, 3.05) is 13.1 Å². The van der Waals surface area contributed by atoms with Crippen LogP contribution in [-0.2, 0) is 20.8 Å². The minimum absolute atomic E-state index is 0.0188. The molecule has 7 nitrogen and oxygen atoms in total. The average molecular weight is 411 g/mol. The van der Waals surface area contributed by atoms with Crippen LogP contribution in [0.4, 0.5) is 0 Å². The molecular weight excluding hydrogens is 380 g/mol. The predicted molar refractivity (Wildman–Crippen MR) is 115 cm³/mol. The molecule has 1 saturated carbocycles. The van der Waals surface area contributed by atoms with Gasteiger partial charge in [-0.15, -0.1) is 0 Å². The number of para-hydroxylation sites is 1. The zero-order valence-electron chi connectivity index (χ0n) is 17.4. The summed E-state index contributed by atoms with van der Waals surface area (Å²) < 4.78 is 0. The molecule has 2 fully saturated rings. The first-order valence-corrected chi connectivity index (χ1v) is 10.9. The van der Waals surface area contributed by atoms with Gasteiger partial charge >= 0.3 is 0 Å². The third-order valence-corrected chi connectivity index (χ3v) is 6.15. The van der Waals surface area contributed by atoms with E-state index in [9.17, 15) is 14.4 Å². The lowest BCUT2D eigenvalue weighted by molar-refractivity contribution is -0.132. The van der Waals surface area contributed by atoms with Gasteiger partial charge in [0.2, 0.25) is 17.7 Å². The zero-order chi connectivity index (χ0) is 21.1. The van der Waals surface area contributed by atoms with Crippen molar-refractivity contribution in [3.05, 3.63) is 36.0 Å². The van der Waals surface area contributed by atoms with Crippen molar-refractivity contribution in [3.63, 3.8) is 0 Å². The Morgan fingerprint density at radius 2 is 1.80 bits per heavy atom. The summed E-state index contributed by atoms with van der Waals surface area (Å²) >= 11 is 0. The van der Waals surface area contributed by atoms with Gasteiger partial charge in [-0.05, 0) is 43.7 Å². The largest absolute Gasteiger partial charge is 0.361 e. The molecule has 0 bridgehead atoms. The Bertz CT molecular complexity index is 933. The molecule has 160 valence electrons. The quantitative estimate of drug-likeness (QED) is 0.681. The first kappa shape index (κ1) is 20.4. The molecule has 2 atom stereocenters. The molecule has 1 saturated heterocycles. The van der Waals surface area contributed by atoms with Gasteiger partial charge in [0.15, 0.2) is 0 Å². The molecule has 2 aliphatic rings. The number of hydrogen-bond acceptors (Lipinski definition) is 3. The second-order valence-electron chi connectivity index (χ2n) is 8.61. The molecule has 2 aromatic rings. The topological polar surface area (TPSA) is 94.3 Å². The van der Waals surface area contributed by atoms with Crippen LogP contribution in [0.3, 0.4) is 0 Å². The summed E-state index contributed by atoms with van der Waals surface area (Å²) in [5.74, 6) is -0.244. The molecule has 1 aliphatic heterocycles. The summed E-state index contributed by atoms with van der Waals surface area (Å²) in [5, 5.41) is 7.29. The number of aryl methyl sites for hydroxylation is 1. The van der Waals surface area contributed by atoms with Gasteiger partial charge in [0.05, 0.1) is 5.92 Å². The third kappa shape index (κ3) is 5.01. The Morgan fingerprint density at radius 3 is 2.57 bits per heavy atom. The van der Waals surface area contributed by atoms with E-state index < -0.39 is 0 Å². The van der Waals surface area contributed by atoms with Crippen molar-refractivity contribution in [2.24, 2.45) is 5.92 Å². The van der Waals surface area contributed by atoms with Crippen molar-refractivity contribution in [1.82, 2.24) is 20.5 Å². The number of benzene rings is 1. The summed E-state index contributed by atoms with van der Waals surface area (Å²) in [6.45, 7) is 2.41. The SMILES string of the molecule is CC(=O)N1C[C@@H](NC(=O)CCc2c[nH]c3ccccc23)CC[C@@H](C(=O)NC2CC2)C1.